The van der Waals surface area contributed by atoms with Crippen molar-refractivity contribution in [3.8, 4) is 5.75 Å². The highest BCUT2D eigenvalue weighted by Crippen LogP contribution is 2.26. The van der Waals surface area contributed by atoms with Crippen LogP contribution < -0.4 is 10.1 Å². The van der Waals surface area contributed by atoms with Gasteiger partial charge >= 0.3 is 5.97 Å². The van der Waals surface area contributed by atoms with Gasteiger partial charge in [-0.25, -0.2) is 4.79 Å². The number of likely N-dealkylation sites (N-methyl/N-ethyl adjacent to an activating group) is 1. The second-order valence-electron chi connectivity index (χ2n) is 5.66. The van der Waals surface area contributed by atoms with E-state index >= 15 is 0 Å². The van der Waals surface area contributed by atoms with Crippen LogP contribution in [0.3, 0.4) is 0 Å². The van der Waals surface area contributed by atoms with E-state index in [1.165, 1.54) is 17.5 Å². The maximum absolute atomic E-state index is 12.1. The van der Waals surface area contributed by atoms with Crippen LogP contribution in [0.25, 0.3) is 0 Å². The summed E-state index contributed by atoms with van der Waals surface area (Å²) in [7, 11) is 0. The van der Waals surface area contributed by atoms with Crippen LogP contribution in [0.4, 0.5) is 0 Å². The number of nitrogens with one attached hydrogen (secondary N) is 1. The average Bonchev–Trinajstić information content (AvgIpc) is 2.93. The van der Waals surface area contributed by atoms with Gasteiger partial charge in [0.2, 0.25) is 0 Å². The average molecular weight is 291 g/mol. The van der Waals surface area contributed by atoms with Crippen molar-refractivity contribution in [2.75, 3.05) is 19.8 Å². The Labute approximate surface area is 126 Å². The second-order valence-corrected chi connectivity index (χ2v) is 5.66. The van der Waals surface area contributed by atoms with E-state index in [0.717, 1.165) is 18.6 Å². The third-order valence-electron chi connectivity index (χ3n) is 3.89. The van der Waals surface area contributed by atoms with E-state index in [-0.39, 0.29) is 12.6 Å². The molecule has 1 aliphatic carbocycles. The lowest BCUT2D eigenvalue weighted by molar-refractivity contribution is -0.151. The Morgan fingerprint density at radius 1 is 1.29 bits per heavy atom. The largest absolute Gasteiger partial charge is 0.491 e. The molecule has 21 heavy (non-hydrogen) atoms. The number of fused-ring (bicyclic) bond motifs is 1. The molecule has 0 saturated carbocycles. The third-order valence-corrected chi connectivity index (χ3v) is 3.89. The fraction of sp³-hybridized carbons (Fsp3) is 0.588. The zero-order valence-corrected chi connectivity index (χ0v) is 13.2. The molecule has 0 aromatic heterocycles. The van der Waals surface area contributed by atoms with Crippen LogP contribution in [0.5, 0.6) is 5.75 Å². The van der Waals surface area contributed by atoms with Crippen LogP contribution in [0.2, 0.25) is 0 Å². The summed E-state index contributed by atoms with van der Waals surface area (Å²) >= 11 is 0. The topological polar surface area (TPSA) is 47.6 Å². The van der Waals surface area contributed by atoms with Crippen LogP contribution in [0.15, 0.2) is 18.2 Å². The van der Waals surface area contributed by atoms with Crippen molar-refractivity contribution in [1.82, 2.24) is 5.32 Å². The van der Waals surface area contributed by atoms with Crippen LogP contribution in [-0.4, -0.2) is 31.3 Å². The Morgan fingerprint density at radius 3 is 2.76 bits per heavy atom. The van der Waals surface area contributed by atoms with Gasteiger partial charge in [0.1, 0.15) is 17.9 Å². The highest BCUT2D eigenvalue weighted by atomic mass is 16.5. The van der Waals surface area contributed by atoms with Gasteiger partial charge in [0, 0.05) is 0 Å². The Hall–Kier alpha value is -1.55. The summed E-state index contributed by atoms with van der Waals surface area (Å²) in [6, 6.07) is 6.22. The van der Waals surface area contributed by atoms with Crippen molar-refractivity contribution in [2.24, 2.45) is 0 Å². The number of carbonyl (C=O) groups excluding carboxylic acids is 1. The first-order chi connectivity index (χ1) is 10.1. The molecule has 0 fully saturated rings. The van der Waals surface area contributed by atoms with Crippen LogP contribution in [0.1, 0.15) is 38.3 Å². The van der Waals surface area contributed by atoms with Gasteiger partial charge < -0.3 is 9.47 Å². The van der Waals surface area contributed by atoms with Gasteiger partial charge in [0.25, 0.3) is 0 Å². The first-order valence-corrected chi connectivity index (χ1v) is 7.76. The van der Waals surface area contributed by atoms with E-state index in [4.69, 9.17) is 9.47 Å². The van der Waals surface area contributed by atoms with E-state index in [0.29, 0.717) is 13.2 Å². The molecule has 1 N–H and O–H groups in total. The number of hydrogen-bond acceptors (Lipinski definition) is 4. The third kappa shape index (κ3) is 3.76. The minimum Gasteiger partial charge on any atom is -0.491 e. The van der Waals surface area contributed by atoms with E-state index in [1.54, 1.807) is 0 Å². The molecule has 1 aromatic rings. The van der Waals surface area contributed by atoms with E-state index < -0.39 is 5.54 Å². The number of hydrogen-bond donors (Lipinski definition) is 1. The molecule has 0 amide bonds. The Kier molecular flexibility index (Phi) is 5.23. The first kappa shape index (κ1) is 15.8. The molecule has 1 aromatic carbocycles. The molecule has 0 bridgehead atoms. The van der Waals surface area contributed by atoms with Crippen LogP contribution >= 0.6 is 0 Å². The molecule has 0 saturated heterocycles. The summed E-state index contributed by atoms with van der Waals surface area (Å²) in [6.07, 6.45) is 3.50. The SMILES string of the molecule is CCNC(C)(COc1ccc2c(c1)CCC2)C(=O)OCC. The van der Waals surface area contributed by atoms with Gasteiger partial charge in [-0.3, -0.25) is 5.32 Å². The predicted molar refractivity (Wildman–Crippen MR) is 82.7 cm³/mol. The normalized spacial score (nSPS) is 16.1. The molecule has 0 aliphatic heterocycles. The lowest BCUT2D eigenvalue weighted by atomic mass is 10.0. The maximum Gasteiger partial charge on any atom is 0.329 e. The number of ether oxygens (including phenoxy) is 2. The molecule has 2 rings (SSSR count). The maximum atomic E-state index is 12.1. The van der Waals surface area contributed by atoms with Gasteiger partial charge in [-0.05, 0) is 62.9 Å². The molecule has 1 aliphatic rings. The number of benzene rings is 1. The molecule has 0 spiro atoms. The zero-order chi connectivity index (χ0) is 15.3. The minimum atomic E-state index is -0.816. The van der Waals surface area contributed by atoms with Gasteiger partial charge in [0.05, 0.1) is 6.61 Å². The molecule has 4 heteroatoms. The minimum absolute atomic E-state index is 0.262. The van der Waals surface area contributed by atoms with Gasteiger partial charge in [0.15, 0.2) is 0 Å². The smallest absolute Gasteiger partial charge is 0.329 e. The van der Waals surface area contributed by atoms with Crippen molar-refractivity contribution in [3.63, 3.8) is 0 Å². The molecule has 0 heterocycles. The van der Waals surface area contributed by atoms with Crippen molar-refractivity contribution < 1.29 is 14.3 Å². The summed E-state index contributed by atoms with van der Waals surface area (Å²) in [6.45, 7) is 6.92. The van der Waals surface area contributed by atoms with Gasteiger partial charge in [-0.15, -0.1) is 0 Å². The van der Waals surface area contributed by atoms with Crippen molar-refractivity contribution in [2.45, 2.75) is 45.6 Å². The van der Waals surface area contributed by atoms with Crippen molar-refractivity contribution in [1.29, 1.82) is 0 Å². The Balaban J connectivity index is 2.02. The number of rotatable bonds is 7. The second kappa shape index (κ2) is 6.94. The zero-order valence-electron chi connectivity index (χ0n) is 13.2. The molecule has 0 radical (unpaired) electrons. The summed E-state index contributed by atoms with van der Waals surface area (Å²) in [5.74, 6) is 0.553. The molecule has 1 unspecified atom stereocenters. The first-order valence-electron chi connectivity index (χ1n) is 7.76. The molecular weight excluding hydrogens is 266 g/mol. The number of carbonyl (C=O) groups is 1. The number of esters is 1. The molecule has 1 atom stereocenters. The van der Waals surface area contributed by atoms with E-state index in [2.05, 4.69) is 17.4 Å². The molecule has 116 valence electrons. The Morgan fingerprint density at radius 2 is 2.05 bits per heavy atom. The molecular formula is C17H25NO3. The van der Waals surface area contributed by atoms with E-state index in [1.807, 2.05) is 26.8 Å². The van der Waals surface area contributed by atoms with Crippen molar-refractivity contribution >= 4 is 5.97 Å². The lowest BCUT2D eigenvalue weighted by Crippen LogP contribution is -2.54. The predicted octanol–water partition coefficient (Wildman–Crippen LogP) is 2.49. The lowest BCUT2D eigenvalue weighted by Gasteiger charge is -2.28. The van der Waals surface area contributed by atoms with Gasteiger partial charge in [-0.2, -0.15) is 0 Å². The summed E-state index contributed by atoms with van der Waals surface area (Å²) in [4.78, 5) is 12.1. The van der Waals surface area contributed by atoms with Gasteiger partial charge in [-0.1, -0.05) is 13.0 Å². The number of aryl methyl sites for hydroxylation is 2. The fourth-order valence-electron chi connectivity index (χ4n) is 2.73. The van der Waals surface area contributed by atoms with Crippen LogP contribution in [0, 0.1) is 0 Å². The van der Waals surface area contributed by atoms with E-state index in [9.17, 15) is 4.79 Å². The highest BCUT2D eigenvalue weighted by Gasteiger charge is 2.35. The summed E-state index contributed by atoms with van der Waals surface area (Å²) in [5.41, 5.74) is 1.97. The quantitative estimate of drug-likeness (QED) is 0.784. The summed E-state index contributed by atoms with van der Waals surface area (Å²) in [5, 5.41) is 3.17. The Bertz CT molecular complexity index is 501. The fourth-order valence-corrected chi connectivity index (χ4v) is 2.73. The monoisotopic (exact) mass is 291 g/mol. The van der Waals surface area contributed by atoms with Crippen LogP contribution in [-0.2, 0) is 22.4 Å². The van der Waals surface area contributed by atoms with Crippen molar-refractivity contribution in [3.05, 3.63) is 29.3 Å². The summed E-state index contributed by atoms with van der Waals surface area (Å²) < 4.78 is 11.0. The molecule has 4 nitrogen and oxygen atoms in total. The highest BCUT2D eigenvalue weighted by molar-refractivity contribution is 5.80. The standard InChI is InChI=1S/C17H25NO3/c1-4-18-17(3,16(19)20-5-2)12-21-15-10-9-13-7-6-8-14(13)11-15/h9-11,18H,4-8,12H2,1-3H3.